The van der Waals surface area contributed by atoms with E-state index in [-0.39, 0.29) is 6.61 Å². The van der Waals surface area contributed by atoms with E-state index in [0.29, 0.717) is 13.2 Å². The molecular formula is C27H27NO5S. The fourth-order valence-corrected chi connectivity index (χ4v) is 5.58. The Hall–Kier alpha value is -2.84. The SMILES string of the molecule is O=C1O[C@H]2[C@@H](O)[C@@H](COCc3ccccc3)O[C@@H](Sc3ccccc3)[C@@H]2N1Cc1ccccc1. The summed E-state index contributed by atoms with van der Waals surface area (Å²) in [5.41, 5.74) is 1.62. The summed E-state index contributed by atoms with van der Waals surface area (Å²) in [6.07, 6.45) is -2.74. The van der Waals surface area contributed by atoms with Crippen molar-refractivity contribution in [3.8, 4) is 0 Å². The molecule has 34 heavy (non-hydrogen) atoms. The molecule has 6 nitrogen and oxygen atoms in total. The zero-order valence-corrected chi connectivity index (χ0v) is 19.4. The fraction of sp³-hybridized carbons (Fsp3) is 0.296. The molecule has 7 heteroatoms. The molecule has 2 aliphatic heterocycles. The van der Waals surface area contributed by atoms with E-state index < -0.39 is 35.9 Å². The van der Waals surface area contributed by atoms with Crippen LogP contribution in [0.2, 0.25) is 0 Å². The summed E-state index contributed by atoms with van der Waals surface area (Å²) in [6.45, 7) is 0.997. The first-order valence-electron chi connectivity index (χ1n) is 11.4. The predicted octanol–water partition coefficient (Wildman–Crippen LogP) is 4.47. The number of carbonyl (C=O) groups excluding carboxylic acids is 1. The van der Waals surface area contributed by atoms with E-state index in [0.717, 1.165) is 16.0 Å². The number of amides is 1. The van der Waals surface area contributed by atoms with Crippen LogP contribution in [0.15, 0.2) is 95.9 Å². The minimum atomic E-state index is -0.988. The van der Waals surface area contributed by atoms with Crippen LogP contribution in [0.3, 0.4) is 0 Å². The molecule has 0 bridgehead atoms. The van der Waals surface area contributed by atoms with E-state index >= 15 is 0 Å². The van der Waals surface area contributed by atoms with Gasteiger partial charge in [0.15, 0.2) is 6.10 Å². The minimum absolute atomic E-state index is 0.196. The lowest BCUT2D eigenvalue weighted by Crippen LogP contribution is -2.59. The van der Waals surface area contributed by atoms with Crippen molar-refractivity contribution in [2.24, 2.45) is 0 Å². The van der Waals surface area contributed by atoms with Crippen LogP contribution in [0.5, 0.6) is 0 Å². The van der Waals surface area contributed by atoms with Crippen molar-refractivity contribution in [2.45, 2.75) is 47.8 Å². The highest BCUT2D eigenvalue weighted by Crippen LogP contribution is 2.40. The first kappa shape index (κ1) is 22.9. The maximum absolute atomic E-state index is 12.9. The molecule has 2 heterocycles. The quantitative estimate of drug-likeness (QED) is 0.516. The summed E-state index contributed by atoms with van der Waals surface area (Å²) in [4.78, 5) is 15.6. The molecule has 2 saturated heterocycles. The Morgan fingerprint density at radius 1 is 0.882 bits per heavy atom. The van der Waals surface area contributed by atoms with Crippen LogP contribution in [0.4, 0.5) is 4.79 Å². The van der Waals surface area contributed by atoms with Gasteiger partial charge in [-0.2, -0.15) is 0 Å². The molecule has 1 amide bonds. The van der Waals surface area contributed by atoms with Gasteiger partial charge >= 0.3 is 6.09 Å². The van der Waals surface area contributed by atoms with E-state index in [2.05, 4.69) is 0 Å². The van der Waals surface area contributed by atoms with Crippen LogP contribution >= 0.6 is 11.8 Å². The standard InChI is InChI=1S/C27H27NO5S/c29-24-22(18-31-17-20-12-6-2-7-13-20)32-26(34-21-14-8-3-9-15-21)23-25(24)33-27(30)28(23)16-19-10-4-1-5-11-19/h1-15,22-26,29H,16-18H2/t22-,23-,24+,25-,26+/m1/s1. The van der Waals surface area contributed by atoms with Gasteiger partial charge in [0.25, 0.3) is 0 Å². The maximum atomic E-state index is 12.9. The van der Waals surface area contributed by atoms with Gasteiger partial charge in [-0.15, -0.1) is 0 Å². The molecular weight excluding hydrogens is 450 g/mol. The normalized spacial score (nSPS) is 26.2. The summed E-state index contributed by atoms with van der Waals surface area (Å²) in [7, 11) is 0. The lowest BCUT2D eigenvalue weighted by Gasteiger charge is -2.42. The van der Waals surface area contributed by atoms with Crippen LogP contribution in [0, 0.1) is 0 Å². The van der Waals surface area contributed by atoms with Gasteiger partial charge in [0.1, 0.15) is 23.7 Å². The Morgan fingerprint density at radius 3 is 2.18 bits per heavy atom. The molecule has 0 spiro atoms. The molecule has 2 fully saturated rings. The Balaban J connectivity index is 1.35. The van der Waals surface area contributed by atoms with Crippen molar-refractivity contribution < 1.29 is 24.1 Å². The Bertz CT molecular complexity index is 1070. The number of aliphatic hydroxyl groups is 1. The van der Waals surface area contributed by atoms with E-state index in [9.17, 15) is 9.90 Å². The number of rotatable bonds is 8. The van der Waals surface area contributed by atoms with E-state index in [4.69, 9.17) is 14.2 Å². The van der Waals surface area contributed by atoms with Crippen LogP contribution in [-0.4, -0.2) is 52.5 Å². The van der Waals surface area contributed by atoms with Crippen molar-refractivity contribution in [2.75, 3.05) is 6.61 Å². The largest absolute Gasteiger partial charge is 0.441 e. The number of nitrogens with zero attached hydrogens (tertiary/aromatic N) is 1. The summed E-state index contributed by atoms with van der Waals surface area (Å²) in [5, 5.41) is 11.1. The number of aliphatic hydroxyl groups excluding tert-OH is 1. The second kappa shape index (κ2) is 10.6. The minimum Gasteiger partial charge on any atom is -0.441 e. The zero-order valence-electron chi connectivity index (χ0n) is 18.6. The highest BCUT2D eigenvalue weighted by Gasteiger charge is 2.56. The first-order valence-corrected chi connectivity index (χ1v) is 12.2. The average Bonchev–Trinajstić information content (AvgIpc) is 3.20. The van der Waals surface area contributed by atoms with Gasteiger partial charge in [0, 0.05) is 11.4 Å². The van der Waals surface area contributed by atoms with Gasteiger partial charge in [-0.1, -0.05) is 90.6 Å². The lowest BCUT2D eigenvalue weighted by molar-refractivity contribution is -0.169. The summed E-state index contributed by atoms with van der Waals surface area (Å²) in [6, 6.07) is 29.1. The Kier molecular flexibility index (Phi) is 7.16. The van der Waals surface area contributed by atoms with Crippen molar-refractivity contribution in [1.29, 1.82) is 0 Å². The average molecular weight is 478 g/mol. The molecule has 0 saturated carbocycles. The summed E-state index contributed by atoms with van der Waals surface area (Å²) in [5.74, 6) is 0. The topological polar surface area (TPSA) is 68.2 Å². The Labute approximate surface area is 203 Å². The number of hydrogen-bond donors (Lipinski definition) is 1. The highest BCUT2D eigenvalue weighted by atomic mass is 32.2. The molecule has 176 valence electrons. The third-order valence-electron chi connectivity index (χ3n) is 6.06. The predicted molar refractivity (Wildman–Crippen MR) is 129 cm³/mol. The number of ether oxygens (including phenoxy) is 3. The first-order chi connectivity index (χ1) is 16.7. The third-order valence-corrected chi connectivity index (χ3v) is 7.22. The summed E-state index contributed by atoms with van der Waals surface area (Å²) >= 11 is 1.53. The summed E-state index contributed by atoms with van der Waals surface area (Å²) < 4.78 is 18.0. The van der Waals surface area contributed by atoms with Gasteiger partial charge in [-0.05, 0) is 23.3 Å². The molecule has 0 radical (unpaired) electrons. The van der Waals surface area contributed by atoms with Gasteiger partial charge < -0.3 is 19.3 Å². The van der Waals surface area contributed by atoms with Gasteiger partial charge in [-0.3, -0.25) is 4.90 Å². The molecule has 0 aromatic heterocycles. The van der Waals surface area contributed by atoms with Crippen LogP contribution in [0.1, 0.15) is 11.1 Å². The molecule has 0 aliphatic carbocycles. The molecule has 0 unspecified atom stereocenters. The number of benzene rings is 3. The van der Waals surface area contributed by atoms with Crippen molar-refractivity contribution in [1.82, 2.24) is 4.90 Å². The van der Waals surface area contributed by atoms with E-state index in [1.54, 1.807) is 4.90 Å². The van der Waals surface area contributed by atoms with Gasteiger partial charge in [0.05, 0.1) is 13.2 Å². The van der Waals surface area contributed by atoms with E-state index in [1.807, 2.05) is 91.0 Å². The second-order valence-electron chi connectivity index (χ2n) is 8.42. The van der Waals surface area contributed by atoms with Crippen LogP contribution in [0.25, 0.3) is 0 Å². The third kappa shape index (κ3) is 5.13. The maximum Gasteiger partial charge on any atom is 0.411 e. The number of carbonyl (C=O) groups is 1. The number of fused-ring (bicyclic) bond motifs is 1. The highest BCUT2D eigenvalue weighted by molar-refractivity contribution is 7.99. The molecule has 3 aromatic carbocycles. The molecule has 3 aromatic rings. The fourth-order valence-electron chi connectivity index (χ4n) is 4.36. The van der Waals surface area contributed by atoms with Gasteiger partial charge in [-0.25, -0.2) is 4.79 Å². The van der Waals surface area contributed by atoms with Gasteiger partial charge in [0.2, 0.25) is 0 Å². The Morgan fingerprint density at radius 2 is 1.50 bits per heavy atom. The smallest absolute Gasteiger partial charge is 0.411 e. The van der Waals surface area contributed by atoms with E-state index in [1.165, 1.54) is 11.8 Å². The van der Waals surface area contributed by atoms with Crippen molar-refractivity contribution >= 4 is 17.9 Å². The zero-order chi connectivity index (χ0) is 23.3. The number of thioether (sulfide) groups is 1. The molecule has 2 aliphatic rings. The van der Waals surface area contributed by atoms with Crippen LogP contribution in [-0.2, 0) is 27.4 Å². The second-order valence-corrected chi connectivity index (χ2v) is 9.59. The lowest BCUT2D eigenvalue weighted by atomic mass is 9.97. The molecule has 1 N–H and O–H groups in total. The monoisotopic (exact) mass is 477 g/mol. The van der Waals surface area contributed by atoms with Crippen molar-refractivity contribution in [3.05, 3.63) is 102 Å². The van der Waals surface area contributed by atoms with Crippen LogP contribution < -0.4 is 0 Å². The molecule has 5 rings (SSSR count). The van der Waals surface area contributed by atoms with Crippen molar-refractivity contribution in [3.63, 3.8) is 0 Å². The molecule has 5 atom stereocenters. The number of hydrogen-bond acceptors (Lipinski definition) is 6.